The third-order valence-corrected chi connectivity index (χ3v) is 6.06. The number of anilines is 1. The minimum atomic E-state index is -0.485. The van der Waals surface area contributed by atoms with Gasteiger partial charge in [-0.15, -0.1) is 23.7 Å². The number of rotatable bonds is 4. The highest BCUT2D eigenvalue weighted by atomic mass is 79.9. The molecule has 2 aromatic rings. The SMILES string of the molecule is CC(C)N1CCc2c(sc(NC(=O)c3ccc(Br)cc3)c2C(N)=O)C1.Cl. The van der Waals surface area contributed by atoms with Gasteiger partial charge in [-0.05, 0) is 50.1 Å². The molecule has 0 bridgehead atoms. The van der Waals surface area contributed by atoms with Crippen molar-refractivity contribution in [3.05, 3.63) is 50.3 Å². The van der Waals surface area contributed by atoms with E-state index in [-0.39, 0.29) is 18.3 Å². The van der Waals surface area contributed by atoms with E-state index in [9.17, 15) is 9.59 Å². The molecule has 0 aliphatic carbocycles. The van der Waals surface area contributed by atoms with E-state index in [0.29, 0.717) is 22.2 Å². The highest BCUT2D eigenvalue weighted by molar-refractivity contribution is 9.10. The van der Waals surface area contributed by atoms with Gasteiger partial charge in [0.05, 0.1) is 5.56 Å². The van der Waals surface area contributed by atoms with Gasteiger partial charge in [0.25, 0.3) is 11.8 Å². The number of carbonyl (C=O) groups excluding carboxylic acids is 2. The molecule has 2 heterocycles. The van der Waals surface area contributed by atoms with Crippen LogP contribution in [-0.4, -0.2) is 29.3 Å². The number of benzene rings is 1. The molecule has 3 N–H and O–H groups in total. The molecule has 0 saturated carbocycles. The summed E-state index contributed by atoms with van der Waals surface area (Å²) in [6.45, 7) is 5.99. The van der Waals surface area contributed by atoms with Gasteiger partial charge in [0, 0.05) is 34.0 Å². The lowest BCUT2D eigenvalue weighted by Gasteiger charge is -2.30. The summed E-state index contributed by atoms with van der Waals surface area (Å²) < 4.78 is 0.905. The van der Waals surface area contributed by atoms with E-state index >= 15 is 0 Å². The zero-order chi connectivity index (χ0) is 18.1. The van der Waals surface area contributed by atoms with E-state index in [4.69, 9.17) is 5.73 Å². The Morgan fingerprint density at radius 3 is 2.50 bits per heavy atom. The highest BCUT2D eigenvalue weighted by Crippen LogP contribution is 2.37. The normalized spacial score (nSPS) is 13.8. The fourth-order valence-corrected chi connectivity index (χ4v) is 4.53. The number of carbonyl (C=O) groups is 2. The van der Waals surface area contributed by atoms with Gasteiger partial charge >= 0.3 is 0 Å². The summed E-state index contributed by atoms with van der Waals surface area (Å²) in [7, 11) is 0. The number of nitrogens with zero attached hydrogens (tertiary/aromatic N) is 1. The fraction of sp³-hybridized carbons (Fsp3) is 0.333. The van der Waals surface area contributed by atoms with Crippen LogP contribution in [0.15, 0.2) is 28.7 Å². The molecule has 0 spiro atoms. The molecule has 0 radical (unpaired) electrons. The molecule has 0 atom stereocenters. The van der Waals surface area contributed by atoms with Crippen LogP contribution in [0.4, 0.5) is 5.00 Å². The number of primary amides is 1. The Labute approximate surface area is 171 Å². The second-order valence-corrected chi connectivity index (χ2v) is 8.37. The molecule has 1 aromatic carbocycles. The molecule has 26 heavy (non-hydrogen) atoms. The van der Waals surface area contributed by atoms with Gasteiger partial charge < -0.3 is 11.1 Å². The molecule has 140 valence electrons. The lowest BCUT2D eigenvalue weighted by molar-refractivity contribution is 0.0999. The first kappa shape index (κ1) is 20.9. The van der Waals surface area contributed by atoms with E-state index in [0.717, 1.165) is 34.4 Å². The summed E-state index contributed by atoms with van der Waals surface area (Å²) in [5, 5.41) is 3.43. The summed E-state index contributed by atoms with van der Waals surface area (Å²) in [5.74, 6) is -0.726. The number of nitrogens with two attached hydrogens (primary N) is 1. The monoisotopic (exact) mass is 457 g/mol. The van der Waals surface area contributed by atoms with Crippen LogP contribution < -0.4 is 11.1 Å². The molecule has 8 heteroatoms. The van der Waals surface area contributed by atoms with Gasteiger partial charge in [-0.1, -0.05) is 15.9 Å². The Kier molecular flexibility index (Phi) is 6.85. The van der Waals surface area contributed by atoms with Gasteiger partial charge in [-0.25, -0.2) is 0 Å². The quantitative estimate of drug-likeness (QED) is 0.726. The number of fused-ring (bicyclic) bond motifs is 1. The third-order valence-electron chi connectivity index (χ3n) is 4.40. The van der Waals surface area contributed by atoms with Gasteiger partial charge in [0.15, 0.2) is 0 Å². The molecule has 2 amide bonds. The molecule has 1 aliphatic rings. The van der Waals surface area contributed by atoms with Crippen LogP contribution >= 0.6 is 39.7 Å². The molecular formula is C18H21BrClN3O2S. The molecule has 1 aromatic heterocycles. The number of thiophene rings is 1. The van der Waals surface area contributed by atoms with Gasteiger partial charge in [0.2, 0.25) is 0 Å². The minimum Gasteiger partial charge on any atom is -0.365 e. The number of hydrogen-bond donors (Lipinski definition) is 2. The molecule has 3 rings (SSSR count). The smallest absolute Gasteiger partial charge is 0.256 e. The van der Waals surface area contributed by atoms with Crippen molar-refractivity contribution in [3.63, 3.8) is 0 Å². The summed E-state index contributed by atoms with van der Waals surface area (Å²) in [5.41, 5.74) is 7.60. The van der Waals surface area contributed by atoms with E-state index in [2.05, 4.69) is 40.0 Å². The Hall–Kier alpha value is -1.41. The second-order valence-electron chi connectivity index (χ2n) is 6.35. The fourth-order valence-electron chi connectivity index (χ4n) is 2.99. The van der Waals surface area contributed by atoms with Crippen LogP contribution in [0.25, 0.3) is 0 Å². The second kappa shape index (κ2) is 8.52. The number of hydrogen-bond acceptors (Lipinski definition) is 4. The van der Waals surface area contributed by atoms with Crippen LogP contribution in [0, 0.1) is 0 Å². The predicted molar refractivity (Wildman–Crippen MR) is 111 cm³/mol. The van der Waals surface area contributed by atoms with Crippen molar-refractivity contribution < 1.29 is 9.59 Å². The minimum absolute atomic E-state index is 0. The van der Waals surface area contributed by atoms with Crippen LogP contribution in [0.2, 0.25) is 0 Å². The molecule has 0 saturated heterocycles. The van der Waals surface area contributed by atoms with Crippen molar-refractivity contribution in [2.45, 2.75) is 32.9 Å². The average Bonchev–Trinajstić information content (AvgIpc) is 2.92. The lowest BCUT2D eigenvalue weighted by Crippen LogP contribution is -2.35. The Bertz CT molecular complexity index is 821. The molecule has 0 fully saturated rings. The van der Waals surface area contributed by atoms with Crippen molar-refractivity contribution in [3.8, 4) is 0 Å². The maximum atomic E-state index is 12.5. The van der Waals surface area contributed by atoms with Crippen molar-refractivity contribution in [2.75, 3.05) is 11.9 Å². The van der Waals surface area contributed by atoms with E-state index in [1.807, 2.05) is 12.1 Å². The predicted octanol–water partition coefficient (Wildman–Crippen LogP) is 4.05. The first-order valence-corrected chi connectivity index (χ1v) is 9.73. The maximum Gasteiger partial charge on any atom is 0.256 e. The highest BCUT2D eigenvalue weighted by Gasteiger charge is 2.28. The van der Waals surface area contributed by atoms with Crippen LogP contribution in [0.3, 0.4) is 0 Å². The lowest BCUT2D eigenvalue weighted by atomic mass is 10.0. The van der Waals surface area contributed by atoms with Crippen molar-refractivity contribution >= 4 is 56.5 Å². The average molecular weight is 459 g/mol. The molecule has 5 nitrogen and oxygen atoms in total. The molecule has 0 unspecified atom stereocenters. The number of amides is 2. The van der Waals surface area contributed by atoms with Crippen LogP contribution in [0.5, 0.6) is 0 Å². The molecular weight excluding hydrogens is 438 g/mol. The summed E-state index contributed by atoms with van der Waals surface area (Å²) in [4.78, 5) is 28.0. The number of halogens is 2. The maximum absolute atomic E-state index is 12.5. The van der Waals surface area contributed by atoms with Gasteiger partial charge in [-0.3, -0.25) is 14.5 Å². The Balaban J connectivity index is 0.00000243. The summed E-state index contributed by atoms with van der Waals surface area (Å²) in [6, 6.07) is 7.52. The van der Waals surface area contributed by atoms with E-state index in [1.54, 1.807) is 12.1 Å². The third kappa shape index (κ3) is 4.28. The van der Waals surface area contributed by atoms with Crippen molar-refractivity contribution in [1.29, 1.82) is 0 Å². The van der Waals surface area contributed by atoms with E-state index in [1.165, 1.54) is 11.3 Å². The Morgan fingerprint density at radius 2 is 1.92 bits per heavy atom. The topological polar surface area (TPSA) is 75.4 Å². The Morgan fingerprint density at radius 1 is 1.27 bits per heavy atom. The first-order valence-electron chi connectivity index (χ1n) is 8.12. The largest absolute Gasteiger partial charge is 0.365 e. The number of nitrogens with one attached hydrogen (secondary N) is 1. The zero-order valence-electron chi connectivity index (χ0n) is 14.5. The van der Waals surface area contributed by atoms with Gasteiger partial charge in [0.1, 0.15) is 5.00 Å². The van der Waals surface area contributed by atoms with Crippen LogP contribution in [0.1, 0.15) is 45.0 Å². The van der Waals surface area contributed by atoms with Crippen LogP contribution in [-0.2, 0) is 13.0 Å². The van der Waals surface area contributed by atoms with E-state index < -0.39 is 5.91 Å². The zero-order valence-corrected chi connectivity index (χ0v) is 17.8. The summed E-state index contributed by atoms with van der Waals surface area (Å²) >= 11 is 4.81. The summed E-state index contributed by atoms with van der Waals surface area (Å²) in [6.07, 6.45) is 0.774. The standard InChI is InChI=1S/C18H20BrN3O2S.ClH/c1-10(2)22-8-7-13-14(9-22)25-18(15(13)16(20)23)21-17(24)11-3-5-12(19)6-4-11;/h3-6,10H,7-9H2,1-2H3,(H2,20,23)(H,21,24);1H. The van der Waals surface area contributed by atoms with Crippen molar-refractivity contribution in [1.82, 2.24) is 4.90 Å². The van der Waals surface area contributed by atoms with Gasteiger partial charge in [-0.2, -0.15) is 0 Å². The molecule has 1 aliphatic heterocycles. The first-order chi connectivity index (χ1) is 11.9. The van der Waals surface area contributed by atoms with Crippen molar-refractivity contribution in [2.24, 2.45) is 5.73 Å².